The van der Waals surface area contributed by atoms with Gasteiger partial charge in [-0.2, -0.15) is 0 Å². The molecule has 0 radical (unpaired) electrons. The van der Waals surface area contributed by atoms with E-state index in [-0.39, 0.29) is 6.10 Å². The number of aryl methyl sites for hydroxylation is 1. The van der Waals surface area contributed by atoms with Crippen LogP contribution in [0, 0.1) is 12.8 Å². The Morgan fingerprint density at radius 1 is 1.38 bits per heavy atom. The number of nitrogens with two attached hydrogens (primary N) is 1. The van der Waals surface area contributed by atoms with E-state index in [4.69, 9.17) is 5.73 Å². The van der Waals surface area contributed by atoms with Gasteiger partial charge in [-0.1, -0.05) is 19.9 Å². The first kappa shape index (κ1) is 12.8. The highest BCUT2D eigenvalue weighted by Gasteiger charge is 2.07. The fraction of sp³-hybridized carbons (Fsp3) is 0.538. The number of nitrogen functional groups attached to an aromatic ring is 1. The van der Waals surface area contributed by atoms with E-state index in [2.05, 4.69) is 19.2 Å². The smallest absolute Gasteiger partial charge is 0.0715 e. The molecule has 0 amide bonds. The van der Waals surface area contributed by atoms with Crippen molar-refractivity contribution < 1.29 is 5.11 Å². The number of aliphatic hydroxyl groups is 1. The van der Waals surface area contributed by atoms with Crippen molar-refractivity contribution in [2.75, 3.05) is 17.6 Å². The summed E-state index contributed by atoms with van der Waals surface area (Å²) in [5.41, 5.74) is 8.60. The Kier molecular flexibility index (Phi) is 4.62. The van der Waals surface area contributed by atoms with Gasteiger partial charge < -0.3 is 16.2 Å². The van der Waals surface area contributed by atoms with Gasteiger partial charge >= 0.3 is 0 Å². The van der Waals surface area contributed by atoms with Gasteiger partial charge in [0.05, 0.1) is 6.10 Å². The van der Waals surface area contributed by atoms with Gasteiger partial charge in [-0.3, -0.25) is 0 Å². The highest BCUT2D eigenvalue weighted by atomic mass is 16.3. The number of hydrogen-bond acceptors (Lipinski definition) is 3. The summed E-state index contributed by atoms with van der Waals surface area (Å²) in [7, 11) is 0. The van der Waals surface area contributed by atoms with Crippen LogP contribution in [-0.4, -0.2) is 17.8 Å². The molecule has 4 N–H and O–H groups in total. The van der Waals surface area contributed by atoms with E-state index in [1.165, 1.54) is 0 Å². The molecule has 0 saturated carbocycles. The molecule has 0 bridgehead atoms. The average Bonchev–Trinajstić information content (AvgIpc) is 2.18. The highest BCUT2D eigenvalue weighted by molar-refractivity contribution is 5.59. The van der Waals surface area contributed by atoms with E-state index in [1.807, 2.05) is 25.1 Å². The molecule has 1 atom stereocenters. The minimum absolute atomic E-state index is 0.305. The van der Waals surface area contributed by atoms with E-state index >= 15 is 0 Å². The molecule has 0 aliphatic carbocycles. The molecule has 1 rings (SSSR count). The molecule has 0 fully saturated rings. The van der Waals surface area contributed by atoms with Crippen LogP contribution in [0.15, 0.2) is 18.2 Å². The maximum Gasteiger partial charge on any atom is 0.0715 e. The van der Waals surface area contributed by atoms with Crippen molar-refractivity contribution in [2.45, 2.75) is 33.3 Å². The van der Waals surface area contributed by atoms with Crippen LogP contribution in [0.4, 0.5) is 11.4 Å². The van der Waals surface area contributed by atoms with Gasteiger partial charge in [0.15, 0.2) is 0 Å². The zero-order chi connectivity index (χ0) is 12.1. The van der Waals surface area contributed by atoms with Crippen molar-refractivity contribution in [3.8, 4) is 0 Å². The van der Waals surface area contributed by atoms with Crippen LogP contribution in [0.5, 0.6) is 0 Å². The minimum atomic E-state index is -0.305. The molecular formula is C13H22N2O. The maximum absolute atomic E-state index is 9.75. The van der Waals surface area contributed by atoms with Gasteiger partial charge in [-0.25, -0.2) is 0 Å². The maximum atomic E-state index is 9.75. The predicted molar refractivity (Wildman–Crippen MR) is 69.5 cm³/mol. The minimum Gasteiger partial charge on any atom is -0.399 e. The zero-order valence-electron chi connectivity index (χ0n) is 10.3. The van der Waals surface area contributed by atoms with E-state index in [1.54, 1.807) is 0 Å². The van der Waals surface area contributed by atoms with E-state index in [0.29, 0.717) is 12.5 Å². The SMILES string of the molecule is Cc1ccc(N)cc1NCC(O)CC(C)C. The van der Waals surface area contributed by atoms with Gasteiger partial charge in [0.2, 0.25) is 0 Å². The molecule has 0 aliphatic heterocycles. The second-order valence-corrected chi connectivity index (χ2v) is 4.74. The number of rotatable bonds is 5. The normalized spacial score (nSPS) is 12.8. The first-order chi connectivity index (χ1) is 7.49. The van der Waals surface area contributed by atoms with Crippen LogP contribution < -0.4 is 11.1 Å². The molecule has 1 aromatic rings. The van der Waals surface area contributed by atoms with Gasteiger partial charge in [0, 0.05) is 17.9 Å². The Morgan fingerprint density at radius 2 is 2.06 bits per heavy atom. The molecule has 0 heterocycles. The van der Waals surface area contributed by atoms with Gasteiger partial charge in [-0.05, 0) is 37.0 Å². The summed E-state index contributed by atoms with van der Waals surface area (Å²) < 4.78 is 0. The monoisotopic (exact) mass is 222 g/mol. The standard InChI is InChI=1S/C13H22N2O/c1-9(2)6-12(16)8-15-13-7-11(14)5-4-10(13)3/h4-5,7,9,12,15-16H,6,8,14H2,1-3H3. The third kappa shape index (κ3) is 4.11. The molecule has 1 aromatic carbocycles. The van der Waals surface area contributed by atoms with E-state index < -0.39 is 0 Å². The lowest BCUT2D eigenvalue weighted by atomic mass is 10.1. The zero-order valence-corrected chi connectivity index (χ0v) is 10.3. The predicted octanol–water partition coefficient (Wildman–Crippen LogP) is 2.40. The molecule has 3 nitrogen and oxygen atoms in total. The fourth-order valence-corrected chi connectivity index (χ4v) is 1.69. The van der Waals surface area contributed by atoms with Crippen molar-refractivity contribution in [2.24, 2.45) is 5.92 Å². The van der Waals surface area contributed by atoms with Gasteiger partial charge in [-0.15, -0.1) is 0 Å². The number of nitrogens with one attached hydrogen (secondary N) is 1. The third-order valence-electron chi connectivity index (χ3n) is 2.53. The Labute approximate surface area is 97.7 Å². The van der Waals surface area contributed by atoms with Crippen LogP contribution in [0.2, 0.25) is 0 Å². The van der Waals surface area contributed by atoms with Crippen molar-refractivity contribution in [3.63, 3.8) is 0 Å². The average molecular weight is 222 g/mol. The lowest BCUT2D eigenvalue weighted by Gasteiger charge is -2.16. The van der Waals surface area contributed by atoms with Crippen LogP contribution in [0.1, 0.15) is 25.8 Å². The summed E-state index contributed by atoms with van der Waals surface area (Å²) >= 11 is 0. The first-order valence-corrected chi connectivity index (χ1v) is 5.77. The molecular weight excluding hydrogens is 200 g/mol. The molecule has 1 unspecified atom stereocenters. The third-order valence-corrected chi connectivity index (χ3v) is 2.53. The number of anilines is 2. The summed E-state index contributed by atoms with van der Waals surface area (Å²) in [5, 5.41) is 13.0. The fourth-order valence-electron chi connectivity index (χ4n) is 1.69. The molecule has 0 saturated heterocycles. The molecule has 16 heavy (non-hydrogen) atoms. The lowest BCUT2D eigenvalue weighted by molar-refractivity contribution is 0.161. The van der Waals surface area contributed by atoms with Crippen LogP contribution >= 0.6 is 0 Å². The van der Waals surface area contributed by atoms with E-state index in [0.717, 1.165) is 23.4 Å². The second-order valence-electron chi connectivity index (χ2n) is 4.74. The van der Waals surface area contributed by atoms with Crippen molar-refractivity contribution in [1.82, 2.24) is 0 Å². The lowest BCUT2D eigenvalue weighted by Crippen LogP contribution is -2.21. The van der Waals surface area contributed by atoms with Crippen molar-refractivity contribution in [3.05, 3.63) is 23.8 Å². The van der Waals surface area contributed by atoms with Crippen molar-refractivity contribution in [1.29, 1.82) is 0 Å². The number of aliphatic hydroxyl groups excluding tert-OH is 1. The van der Waals surface area contributed by atoms with E-state index in [9.17, 15) is 5.11 Å². The Hall–Kier alpha value is -1.22. The quantitative estimate of drug-likeness (QED) is 0.670. The Bertz CT molecular complexity index is 337. The summed E-state index contributed by atoms with van der Waals surface area (Å²) in [5.74, 6) is 0.513. The van der Waals surface area contributed by atoms with Crippen LogP contribution in [0.3, 0.4) is 0 Å². The topological polar surface area (TPSA) is 58.3 Å². The Morgan fingerprint density at radius 3 is 2.69 bits per heavy atom. The summed E-state index contributed by atoms with van der Waals surface area (Å²) in [6.45, 7) is 6.81. The largest absolute Gasteiger partial charge is 0.399 e. The molecule has 3 heteroatoms. The Balaban J connectivity index is 2.51. The molecule has 0 aliphatic rings. The summed E-state index contributed by atoms with van der Waals surface area (Å²) in [4.78, 5) is 0. The van der Waals surface area contributed by atoms with Gasteiger partial charge in [0.25, 0.3) is 0 Å². The number of benzene rings is 1. The second kappa shape index (κ2) is 5.75. The molecule has 0 aromatic heterocycles. The molecule has 90 valence electrons. The molecule has 0 spiro atoms. The van der Waals surface area contributed by atoms with Crippen LogP contribution in [0.25, 0.3) is 0 Å². The highest BCUT2D eigenvalue weighted by Crippen LogP contribution is 2.18. The number of hydrogen-bond donors (Lipinski definition) is 3. The van der Waals surface area contributed by atoms with Gasteiger partial charge in [0.1, 0.15) is 0 Å². The first-order valence-electron chi connectivity index (χ1n) is 5.77. The summed E-state index contributed by atoms with van der Waals surface area (Å²) in [6, 6.07) is 5.76. The summed E-state index contributed by atoms with van der Waals surface area (Å²) in [6.07, 6.45) is 0.509. The van der Waals surface area contributed by atoms with Crippen molar-refractivity contribution >= 4 is 11.4 Å². The van der Waals surface area contributed by atoms with Crippen LogP contribution in [-0.2, 0) is 0 Å².